The van der Waals surface area contributed by atoms with Crippen LogP contribution < -0.4 is 10.5 Å². The average Bonchev–Trinajstić information content (AvgIpc) is 2.49. The first kappa shape index (κ1) is 13.6. The topological polar surface area (TPSA) is 61.0 Å². The summed E-state index contributed by atoms with van der Waals surface area (Å²) in [4.78, 5) is 8.51. The van der Waals surface area contributed by atoms with Crippen molar-refractivity contribution in [1.82, 2.24) is 9.97 Å². The summed E-state index contributed by atoms with van der Waals surface area (Å²) < 4.78 is 5.69. The maximum Gasteiger partial charge on any atom is 0.220 e. The van der Waals surface area contributed by atoms with Crippen molar-refractivity contribution in [3.63, 3.8) is 0 Å². The first-order chi connectivity index (χ1) is 10.2. The van der Waals surface area contributed by atoms with Crippen LogP contribution in [0.4, 0.5) is 5.95 Å². The minimum Gasteiger partial charge on any atom is -0.493 e. The Labute approximate surface area is 127 Å². The van der Waals surface area contributed by atoms with Gasteiger partial charge in [-0.25, -0.2) is 9.97 Å². The van der Waals surface area contributed by atoms with Crippen LogP contribution in [0.5, 0.6) is 5.75 Å². The van der Waals surface area contributed by atoms with Crippen molar-refractivity contribution >= 4 is 28.5 Å². The molecule has 1 heterocycles. The normalized spacial score (nSPS) is 10.7. The van der Waals surface area contributed by atoms with Gasteiger partial charge in [-0.15, -0.1) is 0 Å². The molecule has 21 heavy (non-hydrogen) atoms. The third-order valence-electron chi connectivity index (χ3n) is 3.10. The minimum absolute atomic E-state index is 0.263. The fourth-order valence-corrected chi connectivity index (χ4v) is 2.33. The molecule has 1 aromatic heterocycles. The van der Waals surface area contributed by atoms with E-state index in [1.807, 2.05) is 42.5 Å². The van der Waals surface area contributed by atoms with E-state index in [0.29, 0.717) is 18.1 Å². The van der Waals surface area contributed by atoms with Crippen LogP contribution in [-0.4, -0.2) is 16.6 Å². The van der Waals surface area contributed by atoms with Gasteiger partial charge in [-0.1, -0.05) is 29.8 Å². The fourth-order valence-electron chi connectivity index (χ4n) is 2.16. The Hall–Kier alpha value is -2.33. The highest BCUT2D eigenvalue weighted by Gasteiger charge is 2.07. The minimum atomic E-state index is 0.263. The number of nitrogen functional groups attached to an aromatic ring is 1. The van der Waals surface area contributed by atoms with Gasteiger partial charge in [0.25, 0.3) is 0 Å². The van der Waals surface area contributed by atoms with Gasteiger partial charge in [-0.3, -0.25) is 0 Å². The van der Waals surface area contributed by atoms with E-state index in [1.54, 1.807) is 6.07 Å². The predicted molar refractivity (Wildman–Crippen MR) is 84.6 cm³/mol. The lowest BCUT2D eigenvalue weighted by molar-refractivity contribution is 0.321. The number of aromatic nitrogens is 2. The SMILES string of the molecule is Nc1nc(CCOc2ccccc2)c2cc(Cl)ccc2n1. The molecule has 0 atom stereocenters. The van der Waals surface area contributed by atoms with Crippen molar-refractivity contribution in [2.75, 3.05) is 12.3 Å². The van der Waals surface area contributed by atoms with Crippen molar-refractivity contribution < 1.29 is 4.74 Å². The lowest BCUT2D eigenvalue weighted by Gasteiger charge is -2.08. The maximum absolute atomic E-state index is 6.04. The number of nitrogens with zero attached hydrogens (tertiary/aromatic N) is 2. The van der Waals surface area contributed by atoms with Crippen LogP contribution in [0.2, 0.25) is 5.02 Å². The highest BCUT2D eigenvalue weighted by atomic mass is 35.5. The third-order valence-corrected chi connectivity index (χ3v) is 3.34. The number of anilines is 1. The summed E-state index contributed by atoms with van der Waals surface area (Å²) in [5.41, 5.74) is 7.39. The number of benzene rings is 2. The van der Waals surface area contributed by atoms with Gasteiger partial charge in [0.15, 0.2) is 0 Å². The molecule has 5 heteroatoms. The molecule has 0 spiro atoms. The molecule has 0 unspecified atom stereocenters. The van der Waals surface area contributed by atoms with E-state index in [4.69, 9.17) is 22.1 Å². The Kier molecular flexibility index (Phi) is 3.88. The predicted octanol–water partition coefficient (Wildman–Crippen LogP) is 3.49. The summed E-state index contributed by atoms with van der Waals surface area (Å²) in [6.45, 7) is 0.516. The van der Waals surface area contributed by atoms with Crippen LogP contribution in [0.15, 0.2) is 48.5 Å². The van der Waals surface area contributed by atoms with E-state index >= 15 is 0 Å². The molecule has 0 aliphatic heterocycles. The monoisotopic (exact) mass is 299 g/mol. The van der Waals surface area contributed by atoms with Gasteiger partial charge in [0.1, 0.15) is 5.75 Å². The van der Waals surface area contributed by atoms with Gasteiger partial charge in [0, 0.05) is 16.8 Å². The lowest BCUT2D eigenvalue weighted by atomic mass is 10.1. The zero-order valence-electron chi connectivity index (χ0n) is 11.3. The fraction of sp³-hybridized carbons (Fsp3) is 0.125. The summed E-state index contributed by atoms with van der Waals surface area (Å²) >= 11 is 6.04. The molecule has 0 amide bonds. The van der Waals surface area contributed by atoms with E-state index in [9.17, 15) is 0 Å². The molecule has 106 valence electrons. The molecule has 2 N–H and O–H groups in total. The second kappa shape index (κ2) is 5.97. The summed E-state index contributed by atoms with van der Waals surface area (Å²) in [7, 11) is 0. The summed E-state index contributed by atoms with van der Waals surface area (Å²) in [6, 6.07) is 15.2. The molecule has 0 bridgehead atoms. The summed E-state index contributed by atoms with van der Waals surface area (Å²) in [5.74, 6) is 1.10. The molecule has 0 aliphatic rings. The zero-order valence-corrected chi connectivity index (χ0v) is 12.0. The number of para-hydroxylation sites is 1. The number of halogens is 1. The highest BCUT2D eigenvalue weighted by Crippen LogP contribution is 2.22. The zero-order chi connectivity index (χ0) is 14.7. The maximum atomic E-state index is 6.04. The molecule has 4 nitrogen and oxygen atoms in total. The van der Waals surface area contributed by atoms with Crippen molar-refractivity contribution in [2.24, 2.45) is 0 Å². The lowest BCUT2D eigenvalue weighted by Crippen LogP contribution is -2.06. The summed E-state index contributed by atoms with van der Waals surface area (Å²) in [5, 5.41) is 1.56. The molecule has 3 aromatic rings. The van der Waals surface area contributed by atoms with E-state index in [1.165, 1.54) is 0 Å². The molecule has 2 aromatic carbocycles. The molecule has 0 radical (unpaired) electrons. The Morgan fingerprint density at radius 2 is 1.86 bits per heavy atom. The Balaban J connectivity index is 1.81. The van der Waals surface area contributed by atoms with Crippen LogP contribution >= 0.6 is 11.6 Å². The van der Waals surface area contributed by atoms with E-state index in [2.05, 4.69) is 9.97 Å². The van der Waals surface area contributed by atoms with Gasteiger partial charge < -0.3 is 10.5 Å². The number of ether oxygens (including phenoxy) is 1. The molecular weight excluding hydrogens is 286 g/mol. The van der Waals surface area contributed by atoms with Gasteiger partial charge in [0.05, 0.1) is 17.8 Å². The molecule has 0 fully saturated rings. The average molecular weight is 300 g/mol. The van der Waals surface area contributed by atoms with Gasteiger partial charge in [0.2, 0.25) is 5.95 Å². The Bertz CT molecular complexity index is 762. The molecule has 0 saturated heterocycles. The van der Waals surface area contributed by atoms with E-state index in [-0.39, 0.29) is 5.95 Å². The second-order valence-electron chi connectivity index (χ2n) is 4.60. The number of hydrogen-bond acceptors (Lipinski definition) is 4. The first-order valence-electron chi connectivity index (χ1n) is 6.62. The van der Waals surface area contributed by atoms with Crippen molar-refractivity contribution in [2.45, 2.75) is 6.42 Å². The van der Waals surface area contributed by atoms with Gasteiger partial charge in [-0.2, -0.15) is 0 Å². The number of fused-ring (bicyclic) bond motifs is 1. The van der Waals surface area contributed by atoms with Crippen LogP contribution in [-0.2, 0) is 6.42 Å². The quantitative estimate of drug-likeness (QED) is 0.801. The van der Waals surface area contributed by atoms with Crippen molar-refractivity contribution in [1.29, 1.82) is 0 Å². The van der Waals surface area contributed by atoms with E-state index < -0.39 is 0 Å². The molecule has 3 rings (SSSR count). The standard InChI is InChI=1S/C16H14ClN3O/c17-11-6-7-14-13(10-11)15(20-16(18)19-14)8-9-21-12-4-2-1-3-5-12/h1-7,10H,8-9H2,(H2,18,19,20). The molecular formula is C16H14ClN3O. The van der Waals surface area contributed by atoms with Crippen LogP contribution in [0.25, 0.3) is 10.9 Å². The van der Waals surface area contributed by atoms with E-state index in [0.717, 1.165) is 22.3 Å². The molecule has 0 aliphatic carbocycles. The summed E-state index contributed by atoms with van der Waals surface area (Å²) in [6.07, 6.45) is 0.637. The number of hydrogen-bond donors (Lipinski definition) is 1. The van der Waals surface area contributed by atoms with Crippen LogP contribution in [0, 0.1) is 0 Å². The van der Waals surface area contributed by atoms with Crippen molar-refractivity contribution in [3.05, 3.63) is 59.2 Å². The second-order valence-corrected chi connectivity index (χ2v) is 5.04. The largest absolute Gasteiger partial charge is 0.493 e. The van der Waals surface area contributed by atoms with Gasteiger partial charge in [-0.05, 0) is 30.3 Å². The molecule has 0 saturated carbocycles. The van der Waals surface area contributed by atoms with Crippen LogP contribution in [0.3, 0.4) is 0 Å². The third kappa shape index (κ3) is 3.23. The van der Waals surface area contributed by atoms with Crippen LogP contribution in [0.1, 0.15) is 5.69 Å². The van der Waals surface area contributed by atoms with Gasteiger partial charge >= 0.3 is 0 Å². The smallest absolute Gasteiger partial charge is 0.220 e. The highest BCUT2D eigenvalue weighted by molar-refractivity contribution is 6.31. The Morgan fingerprint density at radius 3 is 2.67 bits per heavy atom. The number of nitrogens with two attached hydrogens (primary N) is 1. The first-order valence-corrected chi connectivity index (χ1v) is 7.00. The number of rotatable bonds is 4. The van der Waals surface area contributed by atoms with Crippen molar-refractivity contribution in [3.8, 4) is 5.75 Å². The Morgan fingerprint density at radius 1 is 1.05 bits per heavy atom.